The summed E-state index contributed by atoms with van der Waals surface area (Å²) in [5.41, 5.74) is 5.78. The molecular formula is C11H19N3O3S. The lowest BCUT2D eigenvalue weighted by molar-refractivity contribution is 0.127. The highest BCUT2D eigenvalue weighted by Gasteiger charge is 2.28. The van der Waals surface area contributed by atoms with E-state index in [0.29, 0.717) is 32.7 Å². The van der Waals surface area contributed by atoms with Gasteiger partial charge < -0.3 is 10.2 Å². The van der Waals surface area contributed by atoms with Crippen molar-refractivity contribution >= 4 is 10.0 Å². The van der Waals surface area contributed by atoms with E-state index in [2.05, 4.69) is 4.90 Å². The van der Waals surface area contributed by atoms with Crippen molar-refractivity contribution in [1.29, 1.82) is 0 Å². The summed E-state index contributed by atoms with van der Waals surface area (Å²) in [5.74, 6) is 0.838. The minimum atomic E-state index is -3.08. The molecule has 1 aromatic heterocycles. The topological polar surface area (TPSA) is 79.8 Å². The van der Waals surface area contributed by atoms with Crippen LogP contribution in [0.2, 0.25) is 0 Å². The van der Waals surface area contributed by atoms with Crippen LogP contribution in [0, 0.1) is 0 Å². The average Bonchev–Trinajstić information content (AvgIpc) is 2.83. The lowest BCUT2D eigenvalue weighted by atomic mass is 10.1. The zero-order chi connectivity index (χ0) is 13.2. The Labute approximate surface area is 107 Å². The molecule has 18 heavy (non-hydrogen) atoms. The van der Waals surface area contributed by atoms with Gasteiger partial charge in [-0.1, -0.05) is 0 Å². The molecular weight excluding hydrogens is 254 g/mol. The highest BCUT2D eigenvalue weighted by Crippen LogP contribution is 2.22. The van der Waals surface area contributed by atoms with Crippen LogP contribution in [-0.4, -0.2) is 56.6 Å². The van der Waals surface area contributed by atoms with Gasteiger partial charge in [0.05, 0.1) is 18.6 Å². The zero-order valence-electron chi connectivity index (χ0n) is 10.4. The number of rotatable bonds is 4. The Morgan fingerprint density at radius 2 is 2.06 bits per heavy atom. The molecule has 0 aliphatic carbocycles. The summed E-state index contributed by atoms with van der Waals surface area (Å²) in [4.78, 5) is 2.17. The highest BCUT2D eigenvalue weighted by atomic mass is 32.2. The summed E-state index contributed by atoms with van der Waals surface area (Å²) in [6.45, 7) is 2.84. The van der Waals surface area contributed by atoms with Gasteiger partial charge >= 0.3 is 0 Å². The summed E-state index contributed by atoms with van der Waals surface area (Å²) < 4.78 is 29.7. The molecule has 0 saturated carbocycles. The Balaban J connectivity index is 2.01. The molecule has 1 unspecified atom stereocenters. The smallest absolute Gasteiger partial charge is 0.211 e. The molecule has 7 heteroatoms. The Hall–Kier alpha value is -0.890. The van der Waals surface area contributed by atoms with Crippen molar-refractivity contribution in [3.05, 3.63) is 24.2 Å². The van der Waals surface area contributed by atoms with E-state index in [1.54, 1.807) is 6.26 Å². The van der Waals surface area contributed by atoms with Crippen LogP contribution in [0.3, 0.4) is 0 Å². The second-order valence-electron chi connectivity index (χ2n) is 4.46. The summed E-state index contributed by atoms with van der Waals surface area (Å²) in [6.07, 6.45) is 2.88. The minimum Gasteiger partial charge on any atom is -0.468 e. The molecule has 6 nitrogen and oxygen atoms in total. The Bertz CT molecular complexity index is 464. The highest BCUT2D eigenvalue weighted by molar-refractivity contribution is 7.88. The molecule has 1 saturated heterocycles. The lowest BCUT2D eigenvalue weighted by Crippen LogP contribution is -2.50. The number of piperazine rings is 1. The van der Waals surface area contributed by atoms with Crippen molar-refractivity contribution < 1.29 is 12.8 Å². The fourth-order valence-electron chi connectivity index (χ4n) is 2.27. The van der Waals surface area contributed by atoms with Gasteiger partial charge in [0.25, 0.3) is 0 Å². The second kappa shape index (κ2) is 5.40. The van der Waals surface area contributed by atoms with Gasteiger partial charge in [-0.15, -0.1) is 0 Å². The van der Waals surface area contributed by atoms with E-state index in [9.17, 15) is 8.42 Å². The van der Waals surface area contributed by atoms with E-state index in [0.717, 1.165) is 5.76 Å². The van der Waals surface area contributed by atoms with Gasteiger partial charge in [-0.05, 0) is 12.1 Å². The molecule has 102 valence electrons. The van der Waals surface area contributed by atoms with Crippen molar-refractivity contribution in [3.63, 3.8) is 0 Å². The van der Waals surface area contributed by atoms with Crippen LogP contribution in [0.25, 0.3) is 0 Å². The summed E-state index contributed by atoms with van der Waals surface area (Å²) in [7, 11) is -3.08. The number of sulfonamides is 1. The molecule has 0 spiro atoms. The minimum absolute atomic E-state index is 0.0294. The molecule has 2 rings (SSSR count). The van der Waals surface area contributed by atoms with Gasteiger partial charge in [-0.3, -0.25) is 4.90 Å². The molecule has 1 atom stereocenters. The third kappa shape index (κ3) is 2.92. The predicted molar refractivity (Wildman–Crippen MR) is 68.5 cm³/mol. The summed E-state index contributed by atoms with van der Waals surface area (Å²) in [6, 6.07) is 3.77. The van der Waals surface area contributed by atoms with Crippen LogP contribution in [0.1, 0.15) is 11.8 Å². The maximum absolute atomic E-state index is 11.4. The molecule has 0 amide bonds. The molecule has 2 N–H and O–H groups in total. The molecule has 1 aromatic rings. The van der Waals surface area contributed by atoms with Crippen molar-refractivity contribution in [2.24, 2.45) is 5.73 Å². The van der Waals surface area contributed by atoms with Crippen LogP contribution >= 0.6 is 0 Å². The fourth-order valence-corrected chi connectivity index (χ4v) is 3.10. The van der Waals surface area contributed by atoms with Gasteiger partial charge in [-0.25, -0.2) is 8.42 Å². The number of hydrogen-bond donors (Lipinski definition) is 1. The normalized spacial score (nSPS) is 21.0. The van der Waals surface area contributed by atoms with Gasteiger partial charge in [0.1, 0.15) is 5.76 Å². The molecule has 0 bridgehead atoms. The molecule has 1 fully saturated rings. The first-order valence-corrected chi connectivity index (χ1v) is 7.80. The Kier molecular flexibility index (Phi) is 4.06. The molecule has 1 aliphatic heterocycles. The van der Waals surface area contributed by atoms with Crippen LogP contribution in [0.15, 0.2) is 22.8 Å². The number of nitrogens with two attached hydrogens (primary N) is 1. The maximum Gasteiger partial charge on any atom is 0.211 e. The van der Waals surface area contributed by atoms with E-state index in [1.807, 2.05) is 12.1 Å². The van der Waals surface area contributed by atoms with Gasteiger partial charge in [-0.2, -0.15) is 4.31 Å². The van der Waals surface area contributed by atoms with Crippen LogP contribution in [0.4, 0.5) is 0 Å². The SMILES string of the molecule is CS(=O)(=O)N1CCN(C(CN)c2ccco2)CC1. The van der Waals surface area contributed by atoms with Gasteiger partial charge in [0, 0.05) is 32.7 Å². The average molecular weight is 273 g/mol. The summed E-state index contributed by atoms with van der Waals surface area (Å²) in [5, 5.41) is 0. The zero-order valence-corrected chi connectivity index (χ0v) is 11.3. The van der Waals surface area contributed by atoms with Gasteiger partial charge in [0.2, 0.25) is 10.0 Å². The van der Waals surface area contributed by atoms with E-state index in [-0.39, 0.29) is 6.04 Å². The van der Waals surface area contributed by atoms with E-state index in [4.69, 9.17) is 10.2 Å². The van der Waals surface area contributed by atoms with Crippen molar-refractivity contribution in [2.75, 3.05) is 39.0 Å². The van der Waals surface area contributed by atoms with Crippen LogP contribution in [-0.2, 0) is 10.0 Å². The van der Waals surface area contributed by atoms with Crippen LogP contribution < -0.4 is 5.73 Å². The van der Waals surface area contributed by atoms with Crippen molar-refractivity contribution in [1.82, 2.24) is 9.21 Å². The monoisotopic (exact) mass is 273 g/mol. The van der Waals surface area contributed by atoms with E-state index >= 15 is 0 Å². The molecule has 1 aliphatic rings. The van der Waals surface area contributed by atoms with Crippen molar-refractivity contribution in [3.8, 4) is 0 Å². The Morgan fingerprint density at radius 1 is 1.39 bits per heavy atom. The number of hydrogen-bond acceptors (Lipinski definition) is 5. The third-order valence-corrected chi connectivity index (χ3v) is 4.58. The lowest BCUT2D eigenvalue weighted by Gasteiger charge is -2.37. The number of nitrogens with zero attached hydrogens (tertiary/aromatic N) is 2. The fraction of sp³-hybridized carbons (Fsp3) is 0.636. The first-order valence-electron chi connectivity index (χ1n) is 5.95. The number of furan rings is 1. The standard InChI is InChI=1S/C11H19N3O3S/c1-18(15,16)14-6-4-13(5-7-14)10(9-12)11-3-2-8-17-11/h2-3,8,10H,4-7,9,12H2,1H3. The second-order valence-corrected chi connectivity index (χ2v) is 6.45. The largest absolute Gasteiger partial charge is 0.468 e. The molecule has 0 aromatic carbocycles. The Morgan fingerprint density at radius 3 is 2.50 bits per heavy atom. The summed E-state index contributed by atoms with van der Waals surface area (Å²) >= 11 is 0. The van der Waals surface area contributed by atoms with Crippen LogP contribution in [0.5, 0.6) is 0 Å². The third-order valence-electron chi connectivity index (χ3n) is 3.28. The predicted octanol–water partition coefficient (Wildman–Crippen LogP) is -0.143. The van der Waals surface area contributed by atoms with E-state index in [1.165, 1.54) is 10.6 Å². The van der Waals surface area contributed by atoms with Gasteiger partial charge in [0.15, 0.2) is 0 Å². The molecule has 0 radical (unpaired) electrons. The first kappa shape index (κ1) is 13.5. The molecule has 2 heterocycles. The quantitative estimate of drug-likeness (QED) is 0.825. The first-order chi connectivity index (χ1) is 8.52. The van der Waals surface area contributed by atoms with E-state index < -0.39 is 10.0 Å². The van der Waals surface area contributed by atoms with Crippen molar-refractivity contribution in [2.45, 2.75) is 6.04 Å². The maximum atomic E-state index is 11.4.